The van der Waals surface area contributed by atoms with Crippen molar-refractivity contribution in [1.82, 2.24) is 5.32 Å². The van der Waals surface area contributed by atoms with Crippen LogP contribution in [0.3, 0.4) is 0 Å². The van der Waals surface area contributed by atoms with E-state index < -0.39 is 5.97 Å². The molecule has 1 heterocycles. The van der Waals surface area contributed by atoms with Crippen LogP contribution in [0.1, 0.15) is 39.2 Å². The smallest absolute Gasteiger partial charge is 0.339 e. The molecule has 3 rings (SSSR count). The maximum absolute atomic E-state index is 12.2. The number of esters is 1. The number of fused-ring (bicyclic) bond motifs is 1. The summed E-state index contributed by atoms with van der Waals surface area (Å²) >= 11 is 1.61. The molecule has 1 aromatic carbocycles. The van der Waals surface area contributed by atoms with Crippen molar-refractivity contribution in [3.8, 4) is 5.75 Å². The van der Waals surface area contributed by atoms with Gasteiger partial charge in [-0.05, 0) is 48.9 Å². The normalized spacial score (nSPS) is 13.0. The first-order chi connectivity index (χ1) is 12.2. The van der Waals surface area contributed by atoms with Gasteiger partial charge in [0.2, 0.25) is 0 Å². The van der Waals surface area contributed by atoms with Gasteiger partial charge in [0, 0.05) is 16.8 Å². The van der Waals surface area contributed by atoms with Crippen LogP contribution >= 0.6 is 11.3 Å². The van der Waals surface area contributed by atoms with Crippen molar-refractivity contribution >= 4 is 23.2 Å². The summed E-state index contributed by atoms with van der Waals surface area (Å²) in [6.45, 7) is 0.119. The fourth-order valence-electron chi connectivity index (χ4n) is 2.87. The Kier molecular flexibility index (Phi) is 5.71. The van der Waals surface area contributed by atoms with Gasteiger partial charge in [-0.25, -0.2) is 4.79 Å². The van der Waals surface area contributed by atoms with Crippen LogP contribution < -0.4 is 10.1 Å². The molecule has 0 radical (unpaired) electrons. The topological polar surface area (TPSA) is 64.6 Å². The third-order valence-electron chi connectivity index (χ3n) is 4.26. The predicted octanol–water partition coefficient (Wildman–Crippen LogP) is 3.11. The lowest BCUT2D eigenvalue weighted by Gasteiger charge is -2.12. The number of rotatable bonds is 6. The first-order valence-electron chi connectivity index (χ1n) is 8.33. The minimum Gasteiger partial charge on any atom is -0.497 e. The second-order valence-electron chi connectivity index (χ2n) is 5.96. The van der Waals surface area contributed by atoms with E-state index in [1.807, 2.05) is 29.6 Å². The summed E-state index contributed by atoms with van der Waals surface area (Å²) in [6, 6.07) is 7.42. The quantitative estimate of drug-likeness (QED) is 0.805. The average Bonchev–Trinajstić information content (AvgIpc) is 3.09. The lowest BCUT2D eigenvalue weighted by molar-refractivity contribution is -0.124. The lowest BCUT2D eigenvalue weighted by Crippen LogP contribution is -2.28. The van der Waals surface area contributed by atoms with Gasteiger partial charge in [-0.15, -0.1) is 11.3 Å². The van der Waals surface area contributed by atoms with E-state index >= 15 is 0 Å². The van der Waals surface area contributed by atoms with Crippen molar-refractivity contribution in [2.45, 2.75) is 32.2 Å². The van der Waals surface area contributed by atoms with Gasteiger partial charge in [0.15, 0.2) is 6.61 Å². The zero-order chi connectivity index (χ0) is 17.6. The molecule has 1 aliphatic carbocycles. The number of amides is 1. The summed E-state index contributed by atoms with van der Waals surface area (Å²) in [6.07, 6.45) is 4.24. The zero-order valence-corrected chi connectivity index (χ0v) is 15.0. The van der Waals surface area contributed by atoms with Crippen molar-refractivity contribution in [3.63, 3.8) is 0 Å². The Bertz CT molecular complexity index is 751. The van der Waals surface area contributed by atoms with Crippen molar-refractivity contribution < 1.29 is 19.1 Å². The molecular formula is C19H21NO4S. The maximum Gasteiger partial charge on any atom is 0.339 e. The predicted molar refractivity (Wildman–Crippen MR) is 96.1 cm³/mol. The van der Waals surface area contributed by atoms with E-state index in [0.717, 1.165) is 36.1 Å². The molecule has 132 valence electrons. The van der Waals surface area contributed by atoms with E-state index in [0.29, 0.717) is 12.1 Å². The second-order valence-corrected chi connectivity index (χ2v) is 6.92. The van der Waals surface area contributed by atoms with Gasteiger partial charge in [-0.3, -0.25) is 4.79 Å². The van der Waals surface area contributed by atoms with Crippen molar-refractivity contribution in [1.29, 1.82) is 0 Å². The highest BCUT2D eigenvalue weighted by Gasteiger charge is 2.21. The number of aryl methyl sites for hydroxylation is 1. The third kappa shape index (κ3) is 4.39. The van der Waals surface area contributed by atoms with Crippen LogP contribution in [0, 0.1) is 0 Å². The van der Waals surface area contributed by atoms with Crippen LogP contribution in [0.4, 0.5) is 0 Å². The number of carbonyl (C=O) groups excluding carboxylic acids is 2. The van der Waals surface area contributed by atoms with Gasteiger partial charge in [-0.1, -0.05) is 12.1 Å². The molecule has 5 nitrogen and oxygen atoms in total. The lowest BCUT2D eigenvalue weighted by atomic mass is 9.96. The largest absolute Gasteiger partial charge is 0.497 e. The molecule has 2 aromatic rings. The molecule has 1 aliphatic rings. The molecule has 0 aliphatic heterocycles. The summed E-state index contributed by atoms with van der Waals surface area (Å²) in [7, 11) is 1.61. The van der Waals surface area contributed by atoms with E-state index in [4.69, 9.17) is 9.47 Å². The number of thiophene rings is 1. The zero-order valence-electron chi connectivity index (χ0n) is 14.2. The molecule has 1 N–H and O–H groups in total. The van der Waals surface area contributed by atoms with Crippen molar-refractivity contribution in [2.24, 2.45) is 0 Å². The number of hydrogen-bond donors (Lipinski definition) is 1. The first kappa shape index (κ1) is 17.5. The van der Waals surface area contributed by atoms with E-state index in [2.05, 4.69) is 5.32 Å². The summed E-state index contributed by atoms with van der Waals surface area (Å²) in [5, 5.41) is 4.60. The Hall–Kier alpha value is -2.34. The standard InChI is InChI=1S/C19H21NO4S/c1-23-14-8-6-13(7-9-14)10-20-18(21)11-24-19(22)16-12-25-17-5-3-2-4-15(16)17/h6-9,12H,2-5,10-11H2,1H3,(H,20,21). The number of nitrogens with one attached hydrogen (secondary N) is 1. The van der Waals surface area contributed by atoms with Gasteiger partial charge in [0.1, 0.15) is 5.75 Å². The molecule has 1 amide bonds. The van der Waals surface area contributed by atoms with E-state index in [1.54, 1.807) is 18.4 Å². The molecule has 0 saturated carbocycles. The fraction of sp³-hybridized carbons (Fsp3) is 0.368. The van der Waals surface area contributed by atoms with Crippen LogP contribution in [0.15, 0.2) is 29.6 Å². The van der Waals surface area contributed by atoms with Gasteiger partial charge < -0.3 is 14.8 Å². The van der Waals surface area contributed by atoms with Gasteiger partial charge in [-0.2, -0.15) is 0 Å². The second kappa shape index (κ2) is 8.16. The Morgan fingerprint density at radius 1 is 1.16 bits per heavy atom. The molecule has 0 spiro atoms. The molecule has 0 unspecified atom stereocenters. The highest BCUT2D eigenvalue weighted by molar-refractivity contribution is 7.10. The third-order valence-corrected chi connectivity index (χ3v) is 5.35. The summed E-state index contributed by atoms with van der Waals surface area (Å²) in [5.41, 5.74) is 2.69. The Morgan fingerprint density at radius 2 is 1.92 bits per heavy atom. The number of benzene rings is 1. The van der Waals surface area contributed by atoms with Crippen LogP contribution in [-0.4, -0.2) is 25.6 Å². The minimum absolute atomic E-state index is 0.264. The van der Waals surface area contributed by atoms with Crippen LogP contribution in [0.5, 0.6) is 5.75 Å². The van der Waals surface area contributed by atoms with Gasteiger partial charge >= 0.3 is 5.97 Å². The maximum atomic E-state index is 12.2. The minimum atomic E-state index is -0.404. The average molecular weight is 359 g/mol. The molecule has 0 saturated heterocycles. The van der Waals surface area contributed by atoms with Gasteiger partial charge in [0.25, 0.3) is 5.91 Å². The Balaban J connectivity index is 1.47. The molecule has 0 fully saturated rings. The number of carbonyl (C=O) groups is 2. The molecule has 6 heteroatoms. The highest BCUT2D eigenvalue weighted by Crippen LogP contribution is 2.30. The SMILES string of the molecule is COc1ccc(CNC(=O)COC(=O)c2csc3c2CCCC3)cc1. The van der Waals surface area contributed by atoms with Crippen molar-refractivity contribution in [3.05, 3.63) is 51.2 Å². The van der Waals surface area contributed by atoms with Crippen LogP contribution in [0.25, 0.3) is 0 Å². The molecule has 0 bridgehead atoms. The molecule has 1 aromatic heterocycles. The number of methoxy groups -OCH3 is 1. The number of ether oxygens (including phenoxy) is 2. The van der Waals surface area contributed by atoms with E-state index in [1.165, 1.54) is 11.3 Å². The monoisotopic (exact) mass is 359 g/mol. The summed E-state index contributed by atoms with van der Waals surface area (Å²) in [5.74, 6) is 0.0513. The fourth-order valence-corrected chi connectivity index (χ4v) is 3.98. The molecule has 0 atom stereocenters. The van der Waals surface area contributed by atoms with Crippen molar-refractivity contribution in [2.75, 3.05) is 13.7 Å². The van der Waals surface area contributed by atoms with Crippen LogP contribution in [-0.2, 0) is 28.9 Å². The summed E-state index contributed by atoms with van der Waals surface area (Å²) < 4.78 is 10.3. The number of hydrogen-bond acceptors (Lipinski definition) is 5. The van der Waals surface area contributed by atoms with E-state index in [9.17, 15) is 9.59 Å². The first-order valence-corrected chi connectivity index (χ1v) is 9.21. The Labute approximate surface area is 151 Å². The van der Waals surface area contributed by atoms with Crippen LogP contribution in [0.2, 0.25) is 0 Å². The highest BCUT2D eigenvalue weighted by atomic mass is 32.1. The molecule has 25 heavy (non-hydrogen) atoms. The van der Waals surface area contributed by atoms with E-state index in [-0.39, 0.29) is 12.5 Å². The molecular weight excluding hydrogens is 338 g/mol. The summed E-state index contributed by atoms with van der Waals surface area (Å²) in [4.78, 5) is 25.4. The van der Waals surface area contributed by atoms with Gasteiger partial charge in [0.05, 0.1) is 12.7 Å². The Morgan fingerprint density at radius 3 is 2.68 bits per heavy atom.